The molecule has 19 heavy (non-hydrogen) atoms. The largest absolute Gasteiger partial charge is 0.348 e. The van der Waals surface area contributed by atoms with Gasteiger partial charge in [-0.3, -0.25) is 4.79 Å². The van der Waals surface area contributed by atoms with E-state index in [-0.39, 0.29) is 30.3 Å². The lowest BCUT2D eigenvalue weighted by Gasteiger charge is -2.22. The van der Waals surface area contributed by atoms with Gasteiger partial charge in [0.2, 0.25) is 5.91 Å². The second kappa shape index (κ2) is 8.18. The number of aryl methyl sites for hydroxylation is 1. The Bertz CT molecular complexity index is 409. The van der Waals surface area contributed by atoms with Crippen molar-refractivity contribution in [2.75, 3.05) is 0 Å². The van der Waals surface area contributed by atoms with Crippen molar-refractivity contribution in [2.45, 2.75) is 46.2 Å². The molecule has 0 heterocycles. The van der Waals surface area contributed by atoms with Crippen LogP contribution in [0.3, 0.4) is 0 Å². The zero-order valence-electron chi connectivity index (χ0n) is 12.1. The van der Waals surface area contributed by atoms with E-state index >= 15 is 0 Å². The number of benzene rings is 1. The second-order valence-electron chi connectivity index (χ2n) is 5.00. The molecule has 0 aromatic heterocycles. The van der Waals surface area contributed by atoms with Gasteiger partial charge in [0, 0.05) is 0 Å². The van der Waals surface area contributed by atoms with Crippen molar-refractivity contribution in [1.82, 2.24) is 5.32 Å². The third kappa shape index (κ3) is 4.84. The summed E-state index contributed by atoms with van der Waals surface area (Å²) in [6.45, 7) is 8.08. The van der Waals surface area contributed by atoms with Crippen LogP contribution in [0.15, 0.2) is 24.3 Å². The molecule has 3 N–H and O–H groups in total. The molecule has 0 bridgehead atoms. The Hall–Kier alpha value is -1.06. The van der Waals surface area contributed by atoms with Gasteiger partial charge in [-0.15, -0.1) is 12.4 Å². The summed E-state index contributed by atoms with van der Waals surface area (Å²) in [6, 6.07) is 7.63. The number of carbonyl (C=O) groups excluding carboxylic acids is 1. The summed E-state index contributed by atoms with van der Waals surface area (Å²) in [4.78, 5) is 12.0. The van der Waals surface area contributed by atoms with Crippen molar-refractivity contribution < 1.29 is 4.79 Å². The Balaban J connectivity index is 0.00000324. The summed E-state index contributed by atoms with van der Waals surface area (Å²) in [5.41, 5.74) is 8.25. The van der Waals surface area contributed by atoms with Gasteiger partial charge in [0.25, 0.3) is 0 Å². The fraction of sp³-hybridized carbons (Fsp3) is 0.533. The summed E-state index contributed by atoms with van der Waals surface area (Å²) in [5.74, 6) is 0.133. The average molecular weight is 285 g/mol. The Morgan fingerprint density at radius 2 is 1.89 bits per heavy atom. The zero-order chi connectivity index (χ0) is 13.7. The molecule has 1 aromatic carbocycles. The van der Waals surface area contributed by atoms with Gasteiger partial charge in [-0.25, -0.2) is 0 Å². The molecule has 0 aliphatic carbocycles. The van der Waals surface area contributed by atoms with E-state index in [1.807, 2.05) is 52.0 Å². The Kier molecular flexibility index (Phi) is 7.72. The normalized spacial score (nSPS) is 15.0. The van der Waals surface area contributed by atoms with Crippen LogP contribution in [-0.2, 0) is 4.79 Å². The molecule has 1 aromatic rings. The molecular formula is C15H25ClN2O. The lowest BCUT2D eigenvalue weighted by atomic mass is 9.98. The van der Waals surface area contributed by atoms with Gasteiger partial charge in [-0.2, -0.15) is 0 Å². The maximum atomic E-state index is 12.0. The lowest BCUT2D eigenvalue weighted by Crippen LogP contribution is -2.45. The minimum Gasteiger partial charge on any atom is -0.348 e. The molecule has 0 aliphatic rings. The van der Waals surface area contributed by atoms with Crippen LogP contribution in [0.1, 0.15) is 44.4 Å². The standard InChI is InChI=1S/C15H24N2O.ClH/c1-5-10(2)14(16)15(18)17-12(4)13-9-7-6-8-11(13)3;/h6-10,12,14H,5,16H2,1-4H3,(H,17,18);1H. The number of amides is 1. The minimum absolute atomic E-state index is 0. The zero-order valence-corrected chi connectivity index (χ0v) is 13.0. The number of nitrogens with two attached hydrogens (primary N) is 1. The fourth-order valence-corrected chi connectivity index (χ4v) is 1.97. The van der Waals surface area contributed by atoms with Crippen molar-refractivity contribution >= 4 is 18.3 Å². The van der Waals surface area contributed by atoms with Crippen LogP contribution in [0.25, 0.3) is 0 Å². The number of hydrogen-bond acceptors (Lipinski definition) is 2. The van der Waals surface area contributed by atoms with Gasteiger partial charge in [-0.05, 0) is 30.9 Å². The van der Waals surface area contributed by atoms with E-state index in [4.69, 9.17) is 5.73 Å². The van der Waals surface area contributed by atoms with Gasteiger partial charge < -0.3 is 11.1 Å². The van der Waals surface area contributed by atoms with Crippen LogP contribution < -0.4 is 11.1 Å². The maximum absolute atomic E-state index is 12.0. The molecule has 1 rings (SSSR count). The van der Waals surface area contributed by atoms with Crippen molar-refractivity contribution in [2.24, 2.45) is 11.7 Å². The Labute approximate surface area is 122 Å². The molecule has 0 aliphatic heterocycles. The van der Waals surface area contributed by atoms with Gasteiger partial charge in [0.05, 0.1) is 12.1 Å². The third-order valence-corrected chi connectivity index (χ3v) is 3.57. The van der Waals surface area contributed by atoms with Gasteiger partial charge in [-0.1, -0.05) is 44.5 Å². The van der Waals surface area contributed by atoms with Crippen molar-refractivity contribution in [3.8, 4) is 0 Å². The summed E-state index contributed by atoms with van der Waals surface area (Å²) < 4.78 is 0. The van der Waals surface area contributed by atoms with Gasteiger partial charge in [0.1, 0.15) is 0 Å². The second-order valence-corrected chi connectivity index (χ2v) is 5.00. The Morgan fingerprint density at radius 1 is 1.32 bits per heavy atom. The smallest absolute Gasteiger partial charge is 0.237 e. The minimum atomic E-state index is -0.429. The van der Waals surface area contributed by atoms with Crippen LogP contribution in [0.5, 0.6) is 0 Å². The number of nitrogens with one attached hydrogen (secondary N) is 1. The van der Waals surface area contributed by atoms with E-state index < -0.39 is 6.04 Å². The Morgan fingerprint density at radius 3 is 2.42 bits per heavy atom. The van der Waals surface area contributed by atoms with E-state index in [0.29, 0.717) is 0 Å². The summed E-state index contributed by atoms with van der Waals surface area (Å²) in [6.07, 6.45) is 0.910. The lowest BCUT2D eigenvalue weighted by molar-refractivity contribution is -0.124. The predicted molar refractivity (Wildman–Crippen MR) is 82.4 cm³/mol. The first-order valence-corrected chi connectivity index (χ1v) is 6.58. The third-order valence-electron chi connectivity index (χ3n) is 3.57. The highest BCUT2D eigenvalue weighted by molar-refractivity contribution is 5.85. The van der Waals surface area contributed by atoms with E-state index in [1.54, 1.807) is 0 Å². The highest BCUT2D eigenvalue weighted by Gasteiger charge is 2.21. The number of carbonyl (C=O) groups is 1. The first-order valence-electron chi connectivity index (χ1n) is 6.58. The van der Waals surface area contributed by atoms with Crippen LogP contribution >= 0.6 is 12.4 Å². The predicted octanol–water partition coefficient (Wildman–Crippen LogP) is 2.97. The van der Waals surface area contributed by atoms with Gasteiger partial charge in [0.15, 0.2) is 0 Å². The number of hydrogen-bond donors (Lipinski definition) is 2. The topological polar surface area (TPSA) is 55.1 Å². The first kappa shape index (κ1) is 17.9. The van der Waals surface area contributed by atoms with E-state index in [9.17, 15) is 4.79 Å². The molecule has 1 amide bonds. The monoisotopic (exact) mass is 284 g/mol. The van der Waals surface area contributed by atoms with Crippen molar-refractivity contribution in [1.29, 1.82) is 0 Å². The molecule has 3 nitrogen and oxygen atoms in total. The molecule has 0 fully saturated rings. The summed E-state index contributed by atoms with van der Waals surface area (Å²) in [7, 11) is 0. The van der Waals surface area contributed by atoms with E-state index in [0.717, 1.165) is 12.0 Å². The van der Waals surface area contributed by atoms with Crippen LogP contribution in [-0.4, -0.2) is 11.9 Å². The number of rotatable bonds is 5. The molecular weight excluding hydrogens is 260 g/mol. The van der Waals surface area contributed by atoms with Gasteiger partial charge >= 0.3 is 0 Å². The SMILES string of the molecule is CCC(C)C(N)C(=O)NC(C)c1ccccc1C.Cl. The highest BCUT2D eigenvalue weighted by atomic mass is 35.5. The first-order chi connectivity index (χ1) is 8.47. The molecule has 4 heteroatoms. The molecule has 0 saturated carbocycles. The van der Waals surface area contributed by atoms with Crippen molar-refractivity contribution in [3.05, 3.63) is 35.4 Å². The average Bonchev–Trinajstić information content (AvgIpc) is 2.37. The number of halogens is 1. The molecule has 108 valence electrons. The summed E-state index contributed by atoms with van der Waals surface area (Å²) in [5, 5.41) is 2.99. The van der Waals surface area contributed by atoms with Crippen LogP contribution in [0, 0.1) is 12.8 Å². The molecule has 0 spiro atoms. The molecule has 0 saturated heterocycles. The van der Waals surface area contributed by atoms with E-state index in [2.05, 4.69) is 5.32 Å². The maximum Gasteiger partial charge on any atom is 0.237 e. The fourth-order valence-electron chi connectivity index (χ4n) is 1.97. The van der Waals surface area contributed by atoms with E-state index in [1.165, 1.54) is 5.56 Å². The van der Waals surface area contributed by atoms with Crippen molar-refractivity contribution in [3.63, 3.8) is 0 Å². The molecule has 0 radical (unpaired) electrons. The highest BCUT2D eigenvalue weighted by Crippen LogP contribution is 2.17. The summed E-state index contributed by atoms with van der Waals surface area (Å²) >= 11 is 0. The van der Waals surface area contributed by atoms with Crippen LogP contribution in [0.2, 0.25) is 0 Å². The van der Waals surface area contributed by atoms with Crippen LogP contribution in [0.4, 0.5) is 0 Å². The molecule has 3 unspecified atom stereocenters. The molecule has 3 atom stereocenters. The quantitative estimate of drug-likeness (QED) is 0.873.